The summed E-state index contributed by atoms with van der Waals surface area (Å²) in [5.41, 5.74) is 5.08. The number of barbiturate groups is 1. The number of urea groups is 1. The molecule has 1 fully saturated rings. The molecular weight excluding hydrogens is 430 g/mol. The number of amides is 4. The van der Waals surface area contributed by atoms with Gasteiger partial charge in [-0.15, -0.1) is 0 Å². The molecule has 0 unspecified atom stereocenters. The lowest BCUT2D eigenvalue weighted by Crippen LogP contribution is -2.54. The highest BCUT2D eigenvalue weighted by Gasteiger charge is 2.37. The maximum atomic E-state index is 13.3. The van der Waals surface area contributed by atoms with Gasteiger partial charge in [-0.25, -0.2) is 9.69 Å². The Kier molecular flexibility index (Phi) is 5.81. The molecule has 1 N–H and O–H groups in total. The number of hydrogen-bond donors (Lipinski definition) is 1. The minimum Gasteiger partial charge on any atom is -0.494 e. The molecule has 0 bridgehead atoms. The molecule has 0 saturated carbocycles. The van der Waals surface area contributed by atoms with Crippen LogP contribution in [0, 0.1) is 6.92 Å². The van der Waals surface area contributed by atoms with E-state index in [0.717, 1.165) is 32.9 Å². The largest absolute Gasteiger partial charge is 0.494 e. The summed E-state index contributed by atoms with van der Waals surface area (Å²) in [7, 11) is 2.05. The van der Waals surface area contributed by atoms with E-state index in [2.05, 4.69) is 50.2 Å². The van der Waals surface area contributed by atoms with Gasteiger partial charge in [-0.3, -0.25) is 14.9 Å². The highest BCUT2D eigenvalue weighted by molar-refractivity contribution is 6.39. The van der Waals surface area contributed by atoms with Crippen molar-refractivity contribution in [3.05, 3.63) is 64.7 Å². The molecule has 0 aliphatic carbocycles. The zero-order valence-electron chi connectivity index (χ0n) is 20.4. The Balaban J connectivity index is 1.74. The van der Waals surface area contributed by atoms with Crippen LogP contribution in [0.4, 0.5) is 16.2 Å². The predicted octanol–water partition coefficient (Wildman–Crippen LogP) is 4.69. The summed E-state index contributed by atoms with van der Waals surface area (Å²) in [5, 5.41) is 2.28. The topological polar surface area (TPSA) is 79.0 Å². The van der Waals surface area contributed by atoms with Gasteiger partial charge in [0.1, 0.15) is 11.3 Å². The van der Waals surface area contributed by atoms with Crippen LogP contribution in [-0.4, -0.2) is 37.0 Å². The van der Waals surface area contributed by atoms with Crippen molar-refractivity contribution in [1.82, 2.24) is 5.32 Å². The molecule has 0 aromatic heterocycles. The van der Waals surface area contributed by atoms with Crippen LogP contribution in [0.2, 0.25) is 0 Å². The zero-order valence-corrected chi connectivity index (χ0v) is 20.4. The molecule has 1 saturated heterocycles. The number of aryl methyl sites for hydroxylation is 1. The van der Waals surface area contributed by atoms with E-state index in [9.17, 15) is 14.4 Å². The van der Waals surface area contributed by atoms with Gasteiger partial charge in [0.2, 0.25) is 0 Å². The number of benzene rings is 2. The number of nitrogens with zero attached hydrogens (tertiary/aromatic N) is 2. The van der Waals surface area contributed by atoms with Gasteiger partial charge in [-0.2, -0.15) is 0 Å². The first-order chi connectivity index (χ1) is 16.0. The molecular formula is C27H29N3O4. The summed E-state index contributed by atoms with van der Waals surface area (Å²) >= 11 is 0. The number of imide groups is 2. The van der Waals surface area contributed by atoms with Crippen molar-refractivity contribution < 1.29 is 19.1 Å². The number of ether oxygens (including phenoxy) is 1. The first-order valence-corrected chi connectivity index (χ1v) is 11.3. The van der Waals surface area contributed by atoms with Crippen LogP contribution in [0.1, 0.15) is 44.4 Å². The zero-order chi connectivity index (χ0) is 24.8. The van der Waals surface area contributed by atoms with E-state index < -0.39 is 17.8 Å². The van der Waals surface area contributed by atoms with Crippen molar-refractivity contribution in [1.29, 1.82) is 0 Å². The van der Waals surface area contributed by atoms with Crippen LogP contribution in [0.3, 0.4) is 0 Å². The molecule has 0 spiro atoms. The maximum absolute atomic E-state index is 13.3. The summed E-state index contributed by atoms with van der Waals surface area (Å²) in [6, 6.07) is 9.88. The molecule has 4 rings (SSSR count). The number of likely N-dealkylation sites (N-methyl/N-ethyl adjacent to an activating group) is 1. The normalized spacial score (nSPS) is 18.6. The summed E-state index contributed by atoms with van der Waals surface area (Å²) in [5.74, 6) is -0.746. The Bertz CT molecular complexity index is 1260. The van der Waals surface area contributed by atoms with Crippen LogP contribution in [0.25, 0.3) is 11.6 Å². The third-order valence-corrected chi connectivity index (χ3v) is 6.41. The fourth-order valence-corrected chi connectivity index (χ4v) is 4.38. The molecule has 2 heterocycles. The molecule has 0 atom stereocenters. The standard InChI is InChI=1S/C27H29N3O4/c1-7-34-20-10-8-19(9-11-20)30-25(32)22(24(31)28-26(30)33)14-18-13-21-17(3)15-27(4,5)29(6)23(21)12-16(18)2/h8-15H,7H2,1-6H3,(H,28,31,33)/b22-14-. The molecule has 2 aliphatic rings. The van der Waals surface area contributed by atoms with Crippen molar-refractivity contribution in [3.8, 4) is 5.75 Å². The fourth-order valence-electron chi connectivity index (χ4n) is 4.38. The van der Waals surface area contributed by atoms with Gasteiger partial charge in [0, 0.05) is 18.3 Å². The lowest BCUT2D eigenvalue weighted by atomic mass is 9.87. The Morgan fingerprint density at radius 1 is 1.06 bits per heavy atom. The van der Waals surface area contributed by atoms with Gasteiger partial charge in [0.05, 0.1) is 17.8 Å². The SMILES string of the molecule is CCOc1ccc(N2C(=O)NC(=O)/C(=C/c3cc4c(cc3C)N(C)C(C)(C)C=C4C)C2=O)cc1. The van der Waals surface area contributed by atoms with E-state index >= 15 is 0 Å². The number of rotatable bonds is 4. The number of hydrogen-bond acceptors (Lipinski definition) is 5. The molecule has 2 aliphatic heterocycles. The fraction of sp³-hybridized carbons (Fsp3) is 0.296. The molecule has 2 aromatic carbocycles. The van der Waals surface area contributed by atoms with Gasteiger partial charge in [0.25, 0.3) is 11.8 Å². The van der Waals surface area contributed by atoms with E-state index in [1.807, 2.05) is 19.9 Å². The van der Waals surface area contributed by atoms with Crippen LogP contribution in [0.5, 0.6) is 5.75 Å². The van der Waals surface area contributed by atoms with Gasteiger partial charge < -0.3 is 9.64 Å². The lowest BCUT2D eigenvalue weighted by molar-refractivity contribution is -0.122. The van der Waals surface area contributed by atoms with Gasteiger partial charge in [0.15, 0.2) is 0 Å². The van der Waals surface area contributed by atoms with E-state index in [1.54, 1.807) is 30.3 Å². The molecule has 0 radical (unpaired) electrons. The minimum atomic E-state index is -0.777. The quantitative estimate of drug-likeness (QED) is 0.530. The molecule has 4 amide bonds. The summed E-state index contributed by atoms with van der Waals surface area (Å²) in [4.78, 5) is 41.6. The van der Waals surface area contributed by atoms with Crippen LogP contribution < -0.4 is 19.9 Å². The highest BCUT2D eigenvalue weighted by Crippen LogP contribution is 2.39. The van der Waals surface area contributed by atoms with E-state index in [4.69, 9.17) is 4.74 Å². The maximum Gasteiger partial charge on any atom is 0.335 e. The Morgan fingerprint density at radius 2 is 1.74 bits per heavy atom. The first kappa shape index (κ1) is 23.3. The summed E-state index contributed by atoms with van der Waals surface area (Å²) in [6.45, 7) is 10.7. The van der Waals surface area contributed by atoms with Crippen molar-refractivity contribution in [2.45, 2.75) is 40.2 Å². The molecule has 34 heavy (non-hydrogen) atoms. The third kappa shape index (κ3) is 3.98. The monoisotopic (exact) mass is 459 g/mol. The smallest absolute Gasteiger partial charge is 0.335 e. The number of nitrogens with one attached hydrogen (secondary N) is 1. The molecule has 7 nitrogen and oxygen atoms in total. The number of fused-ring (bicyclic) bond motifs is 1. The number of carbonyl (C=O) groups excluding carboxylic acids is 3. The Labute approximate surface area is 199 Å². The minimum absolute atomic E-state index is 0.0948. The third-order valence-electron chi connectivity index (χ3n) is 6.41. The average Bonchev–Trinajstić information content (AvgIpc) is 2.76. The molecule has 2 aromatic rings. The first-order valence-electron chi connectivity index (χ1n) is 11.3. The molecule has 176 valence electrons. The Hall–Kier alpha value is -3.87. The second-order valence-corrected chi connectivity index (χ2v) is 9.15. The summed E-state index contributed by atoms with van der Waals surface area (Å²) < 4.78 is 5.43. The predicted molar refractivity (Wildman–Crippen MR) is 134 cm³/mol. The van der Waals surface area contributed by atoms with Crippen molar-refractivity contribution >= 4 is 40.9 Å². The van der Waals surface area contributed by atoms with Gasteiger partial charge in [-0.05, 0) is 93.8 Å². The van der Waals surface area contributed by atoms with E-state index in [0.29, 0.717) is 18.0 Å². The van der Waals surface area contributed by atoms with Crippen molar-refractivity contribution in [3.63, 3.8) is 0 Å². The second-order valence-electron chi connectivity index (χ2n) is 9.15. The van der Waals surface area contributed by atoms with Crippen LogP contribution in [-0.2, 0) is 9.59 Å². The average molecular weight is 460 g/mol. The summed E-state index contributed by atoms with van der Waals surface area (Å²) in [6.07, 6.45) is 3.76. The molecule has 7 heteroatoms. The number of carbonyl (C=O) groups is 3. The number of anilines is 2. The van der Waals surface area contributed by atoms with Crippen LogP contribution in [0.15, 0.2) is 48.0 Å². The van der Waals surface area contributed by atoms with E-state index in [1.165, 1.54) is 0 Å². The van der Waals surface area contributed by atoms with Gasteiger partial charge in [-0.1, -0.05) is 6.08 Å². The van der Waals surface area contributed by atoms with Crippen molar-refractivity contribution in [2.75, 3.05) is 23.5 Å². The van der Waals surface area contributed by atoms with Crippen LogP contribution >= 0.6 is 0 Å². The second kappa shape index (κ2) is 8.48. The van der Waals surface area contributed by atoms with Crippen molar-refractivity contribution in [2.24, 2.45) is 0 Å². The Morgan fingerprint density at radius 3 is 2.38 bits per heavy atom. The number of allylic oxidation sites excluding steroid dienone is 1. The van der Waals surface area contributed by atoms with E-state index in [-0.39, 0.29) is 11.1 Å². The highest BCUT2D eigenvalue weighted by atomic mass is 16.5. The lowest BCUT2D eigenvalue weighted by Gasteiger charge is -2.41. The van der Waals surface area contributed by atoms with Gasteiger partial charge >= 0.3 is 6.03 Å².